The van der Waals surface area contributed by atoms with Crippen molar-refractivity contribution in [1.82, 2.24) is 29.3 Å². The first-order chi connectivity index (χ1) is 16.4. The second kappa shape index (κ2) is 9.87. The minimum absolute atomic E-state index is 0.117. The fourth-order valence-corrected chi connectivity index (χ4v) is 4.26. The third-order valence-electron chi connectivity index (χ3n) is 5.30. The maximum absolute atomic E-state index is 13.2. The molecule has 0 aliphatic rings. The fraction of sp³-hybridized carbons (Fsp3) is 0.217. The topological polar surface area (TPSA) is 131 Å². The van der Waals surface area contributed by atoms with Crippen LogP contribution >= 0.6 is 11.8 Å². The molecule has 2 heterocycles. The number of aromatic nitrogens is 6. The van der Waals surface area contributed by atoms with E-state index in [0.717, 1.165) is 33.1 Å². The van der Waals surface area contributed by atoms with Gasteiger partial charge in [-0.2, -0.15) is 4.68 Å². The fourth-order valence-electron chi connectivity index (χ4n) is 3.49. The molecule has 0 unspecified atom stereocenters. The molecule has 2 aromatic carbocycles. The lowest BCUT2D eigenvalue weighted by Crippen LogP contribution is -2.44. The molecule has 0 saturated carbocycles. The molecule has 0 radical (unpaired) electrons. The number of benzene rings is 2. The highest BCUT2D eigenvalue weighted by Gasteiger charge is 2.23. The molecule has 0 atom stereocenters. The van der Waals surface area contributed by atoms with Crippen LogP contribution in [0.5, 0.6) is 0 Å². The average molecular weight is 478 g/mol. The van der Waals surface area contributed by atoms with Crippen LogP contribution in [0.4, 0.5) is 5.82 Å². The summed E-state index contributed by atoms with van der Waals surface area (Å²) in [6.07, 6.45) is 0. The Morgan fingerprint density at radius 1 is 1.03 bits per heavy atom. The minimum atomic E-state index is -0.696. The van der Waals surface area contributed by atoms with Gasteiger partial charge < -0.3 is 5.73 Å². The van der Waals surface area contributed by atoms with Crippen LogP contribution in [0, 0.1) is 6.92 Å². The van der Waals surface area contributed by atoms with E-state index in [2.05, 4.69) is 15.5 Å². The van der Waals surface area contributed by atoms with E-state index in [4.69, 9.17) is 5.73 Å². The molecule has 2 N–H and O–H groups in total. The average Bonchev–Trinajstić information content (AvgIpc) is 3.30. The summed E-state index contributed by atoms with van der Waals surface area (Å²) in [6.45, 7) is 3.91. The molecule has 0 amide bonds. The number of nitrogens with two attached hydrogens (primary N) is 1. The maximum Gasteiger partial charge on any atom is 0.332 e. The monoisotopic (exact) mass is 477 g/mol. The highest BCUT2D eigenvalue weighted by atomic mass is 32.2. The molecule has 4 rings (SSSR count). The molecule has 11 heteroatoms. The third-order valence-corrected chi connectivity index (χ3v) is 6.22. The highest BCUT2D eigenvalue weighted by Crippen LogP contribution is 2.20. The summed E-state index contributed by atoms with van der Waals surface area (Å²) in [5.41, 5.74) is 7.42. The lowest BCUT2D eigenvalue weighted by Gasteiger charge is -2.15. The summed E-state index contributed by atoms with van der Waals surface area (Å²) in [5, 5.41) is 12.1. The van der Waals surface area contributed by atoms with E-state index in [0.29, 0.717) is 5.16 Å². The molecule has 10 nitrogen and oxygen atoms in total. The van der Waals surface area contributed by atoms with Crippen LogP contribution in [0.3, 0.4) is 0 Å². The molecule has 0 fully saturated rings. The van der Waals surface area contributed by atoms with Crippen molar-refractivity contribution in [1.29, 1.82) is 0 Å². The Morgan fingerprint density at radius 2 is 1.74 bits per heavy atom. The van der Waals surface area contributed by atoms with Gasteiger partial charge in [0.25, 0.3) is 5.56 Å². The Bertz CT molecular complexity index is 1440. The Hall–Kier alpha value is -3.99. The number of anilines is 1. The molecule has 0 aliphatic heterocycles. The molecule has 0 aliphatic carbocycles. The normalized spacial score (nSPS) is 11.0. The lowest BCUT2D eigenvalue weighted by molar-refractivity contribution is 0.102. The van der Waals surface area contributed by atoms with Crippen molar-refractivity contribution in [3.05, 3.63) is 92.1 Å². The van der Waals surface area contributed by atoms with E-state index in [-0.39, 0.29) is 30.2 Å². The van der Waals surface area contributed by atoms with Crippen LogP contribution in [0.1, 0.15) is 28.4 Å². The number of nitrogen functional groups attached to an aromatic ring is 1. The largest absolute Gasteiger partial charge is 0.384 e. The lowest BCUT2D eigenvalue weighted by atomic mass is 10.2. The van der Waals surface area contributed by atoms with Crippen molar-refractivity contribution in [2.24, 2.45) is 0 Å². The van der Waals surface area contributed by atoms with Crippen LogP contribution in [0.2, 0.25) is 0 Å². The number of hydrogen-bond donors (Lipinski definition) is 1. The zero-order chi connectivity index (χ0) is 24.2. The van der Waals surface area contributed by atoms with Crippen LogP contribution < -0.4 is 17.0 Å². The summed E-state index contributed by atoms with van der Waals surface area (Å²) >= 11 is 1.09. The maximum atomic E-state index is 13.2. The van der Waals surface area contributed by atoms with Gasteiger partial charge in [0.2, 0.25) is 5.16 Å². The van der Waals surface area contributed by atoms with E-state index >= 15 is 0 Å². The van der Waals surface area contributed by atoms with Crippen molar-refractivity contribution in [3.8, 4) is 5.69 Å². The first-order valence-electron chi connectivity index (χ1n) is 10.6. The van der Waals surface area contributed by atoms with E-state index in [1.807, 2.05) is 61.5 Å². The summed E-state index contributed by atoms with van der Waals surface area (Å²) in [5.74, 6) is -0.777. The molecule has 174 valence electrons. The Labute approximate surface area is 199 Å². The molecule has 0 saturated heterocycles. The number of nitrogens with zero attached hydrogens (tertiary/aromatic N) is 6. The zero-order valence-electron chi connectivity index (χ0n) is 18.7. The second-order valence-corrected chi connectivity index (χ2v) is 8.53. The molecular weight excluding hydrogens is 454 g/mol. The van der Waals surface area contributed by atoms with Crippen molar-refractivity contribution in [2.45, 2.75) is 32.1 Å². The molecule has 0 spiro atoms. The van der Waals surface area contributed by atoms with Gasteiger partial charge in [0.15, 0.2) is 5.78 Å². The van der Waals surface area contributed by atoms with Crippen molar-refractivity contribution >= 4 is 23.4 Å². The molecule has 34 heavy (non-hydrogen) atoms. The first kappa shape index (κ1) is 23.2. The zero-order valence-corrected chi connectivity index (χ0v) is 19.5. The van der Waals surface area contributed by atoms with Gasteiger partial charge in [-0.1, -0.05) is 59.8 Å². The van der Waals surface area contributed by atoms with Gasteiger partial charge in [-0.05, 0) is 42.0 Å². The number of carbonyl (C=O) groups is 1. The van der Waals surface area contributed by atoms with E-state index < -0.39 is 17.0 Å². The van der Waals surface area contributed by atoms with Crippen molar-refractivity contribution < 1.29 is 4.79 Å². The minimum Gasteiger partial charge on any atom is -0.384 e. The third kappa shape index (κ3) is 4.55. The number of Topliss-reactive ketones (excluding diaryl/α,β-unsaturated/α-hetero) is 1. The van der Waals surface area contributed by atoms with Gasteiger partial charge in [-0.15, -0.1) is 5.10 Å². The van der Waals surface area contributed by atoms with Gasteiger partial charge in [-0.25, -0.2) is 4.79 Å². The van der Waals surface area contributed by atoms with Crippen molar-refractivity contribution in [2.75, 3.05) is 11.5 Å². The molecular formula is C23H23N7O3S. The second-order valence-electron chi connectivity index (χ2n) is 7.58. The number of aryl methyl sites for hydroxylation is 1. The van der Waals surface area contributed by atoms with Gasteiger partial charge in [0.05, 0.1) is 18.0 Å². The number of ketones is 1. The number of tetrazole rings is 1. The van der Waals surface area contributed by atoms with Crippen LogP contribution in [-0.4, -0.2) is 40.9 Å². The Kier molecular flexibility index (Phi) is 6.73. The smallest absolute Gasteiger partial charge is 0.332 e. The van der Waals surface area contributed by atoms with Crippen molar-refractivity contribution in [3.63, 3.8) is 0 Å². The number of hydrogen-bond acceptors (Lipinski definition) is 8. The number of carbonyl (C=O) groups excluding carboxylic acids is 1. The standard InChI is InChI=1S/C23H23N7O3S/c1-3-28-21(32)19(20(24)29(23(28)33)13-16-7-5-4-6-8-16)18(31)14-34-22-25-26-27-30(22)17-11-9-15(2)10-12-17/h4-12H,3,13-14,24H2,1-2H3. The predicted molar refractivity (Wildman–Crippen MR) is 130 cm³/mol. The SMILES string of the molecule is CCn1c(=O)c(C(=O)CSc2nnnn2-c2ccc(C)cc2)c(N)n(Cc2ccccc2)c1=O. The molecule has 0 bridgehead atoms. The van der Waals surface area contributed by atoms with Gasteiger partial charge in [0.1, 0.15) is 11.4 Å². The summed E-state index contributed by atoms with van der Waals surface area (Å²) < 4.78 is 3.80. The van der Waals surface area contributed by atoms with E-state index in [9.17, 15) is 14.4 Å². The van der Waals surface area contributed by atoms with E-state index in [1.165, 1.54) is 9.25 Å². The summed E-state index contributed by atoms with van der Waals surface area (Å²) in [4.78, 5) is 39.0. The first-order valence-corrected chi connectivity index (χ1v) is 11.6. The molecule has 2 aromatic heterocycles. The summed E-state index contributed by atoms with van der Waals surface area (Å²) in [6, 6.07) is 16.8. The Morgan fingerprint density at radius 3 is 2.41 bits per heavy atom. The Balaban J connectivity index is 1.65. The van der Waals surface area contributed by atoms with Gasteiger partial charge >= 0.3 is 5.69 Å². The molecule has 4 aromatic rings. The van der Waals surface area contributed by atoms with Crippen LogP contribution in [0.15, 0.2) is 69.3 Å². The quantitative estimate of drug-likeness (QED) is 0.301. The predicted octanol–water partition coefficient (Wildman–Crippen LogP) is 1.92. The summed E-state index contributed by atoms with van der Waals surface area (Å²) in [7, 11) is 0. The van der Waals surface area contributed by atoms with E-state index in [1.54, 1.807) is 6.92 Å². The van der Waals surface area contributed by atoms with Gasteiger partial charge in [0, 0.05) is 6.54 Å². The number of thioether (sulfide) groups is 1. The number of rotatable bonds is 8. The van der Waals surface area contributed by atoms with Gasteiger partial charge in [-0.3, -0.25) is 18.7 Å². The van der Waals surface area contributed by atoms with Crippen LogP contribution in [0.25, 0.3) is 5.69 Å². The highest BCUT2D eigenvalue weighted by molar-refractivity contribution is 7.99. The van der Waals surface area contributed by atoms with Crippen LogP contribution in [-0.2, 0) is 13.1 Å².